The Balaban J connectivity index is 2.49. The molecule has 0 radical (unpaired) electrons. The van der Waals surface area contributed by atoms with Crippen LogP contribution >= 0.6 is 15.9 Å². The number of rotatable bonds is 2. The van der Waals surface area contributed by atoms with Gasteiger partial charge in [-0.15, -0.1) is 0 Å². The number of hydrogen-bond donors (Lipinski definition) is 1. The topological polar surface area (TPSA) is 77.4 Å². The van der Waals surface area contributed by atoms with E-state index in [1.807, 2.05) is 6.07 Å². The van der Waals surface area contributed by atoms with E-state index in [4.69, 9.17) is 10.5 Å². The summed E-state index contributed by atoms with van der Waals surface area (Å²) < 4.78 is 2.42. The average Bonchev–Trinajstić information content (AvgIpc) is 2.65. The Labute approximate surface area is 119 Å². The number of anilines is 2. The smallest absolute Gasteiger partial charge is 0.146 e. The van der Waals surface area contributed by atoms with Crippen LogP contribution in [0.4, 0.5) is 11.5 Å². The fourth-order valence-electron chi connectivity index (χ4n) is 1.78. The van der Waals surface area contributed by atoms with Gasteiger partial charge in [-0.3, -0.25) is 4.68 Å². The van der Waals surface area contributed by atoms with E-state index in [1.165, 1.54) is 0 Å². The van der Waals surface area contributed by atoms with Gasteiger partial charge in [0.15, 0.2) is 0 Å². The first-order valence-corrected chi connectivity index (χ1v) is 6.26. The standard InChI is InChI=1S/C13H10BrN5/c1-8-11(7-16)13(19(2)18-8)17-12-4-3-10(14)5-9(12)6-15/h3-5,17H,1-2H3. The lowest BCUT2D eigenvalue weighted by atomic mass is 10.2. The van der Waals surface area contributed by atoms with Crippen LogP contribution < -0.4 is 5.32 Å². The summed E-state index contributed by atoms with van der Waals surface area (Å²) in [4.78, 5) is 0. The molecule has 0 saturated heterocycles. The lowest BCUT2D eigenvalue weighted by Gasteiger charge is -2.09. The average molecular weight is 316 g/mol. The van der Waals surface area contributed by atoms with Crippen LogP contribution in [0.15, 0.2) is 22.7 Å². The summed E-state index contributed by atoms with van der Waals surface area (Å²) in [5, 5.41) is 25.6. The first kappa shape index (κ1) is 13.1. The predicted molar refractivity (Wildman–Crippen MR) is 74.8 cm³/mol. The Bertz CT molecular complexity index is 718. The number of nitrogens with zero attached hydrogens (tertiary/aromatic N) is 4. The van der Waals surface area contributed by atoms with Crippen molar-refractivity contribution in [1.29, 1.82) is 10.5 Å². The molecule has 1 aromatic carbocycles. The SMILES string of the molecule is Cc1nn(C)c(Nc2ccc(Br)cc2C#N)c1C#N. The second kappa shape index (κ2) is 5.13. The summed E-state index contributed by atoms with van der Waals surface area (Å²) in [5.74, 6) is 0.582. The molecule has 2 aromatic rings. The van der Waals surface area contributed by atoms with Gasteiger partial charge in [0.25, 0.3) is 0 Å². The predicted octanol–water partition coefficient (Wildman–Crippen LogP) is 2.98. The third-order valence-electron chi connectivity index (χ3n) is 2.69. The van der Waals surface area contributed by atoms with Crippen LogP contribution in [0.5, 0.6) is 0 Å². The summed E-state index contributed by atoms with van der Waals surface area (Å²) in [7, 11) is 1.75. The van der Waals surface area contributed by atoms with Crippen molar-refractivity contribution in [1.82, 2.24) is 9.78 Å². The molecular weight excluding hydrogens is 306 g/mol. The molecule has 1 heterocycles. The van der Waals surface area contributed by atoms with Gasteiger partial charge in [-0.1, -0.05) is 15.9 Å². The molecule has 5 nitrogen and oxygen atoms in total. The maximum atomic E-state index is 9.15. The van der Waals surface area contributed by atoms with Crippen molar-refractivity contribution in [2.45, 2.75) is 6.92 Å². The molecule has 0 fully saturated rings. The molecule has 0 unspecified atom stereocenters. The Morgan fingerprint density at radius 1 is 1.32 bits per heavy atom. The molecule has 0 spiro atoms. The van der Waals surface area contributed by atoms with Crippen molar-refractivity contribution < 1.29 is 0 Å². The van der Waals surface area contributed by atoms with Gasteiger partial charge < -0.3 is 5.32 Å². The zero-order chi connectivity index (χ0) is 14.0. The number of benzene rings is 1. The van der Waals surface area contributed by atoms with Gasteiger partial charge in [-0.25, -0.2) is 0 Å². The first-order chi connectivity index (χ1) is 9.06. The molecule has 1 aromatic heterocycles. The van der Waals surface area contributed by atoms with Gasteiger partial charge in [-0.2, -0.15) is 15.6 Å². The van der Waals surface area contributed by atoms with Crippen molar-refractivity contribution in [2.75, 3.05) is 5.32 Å². The molecule has 2 rings (SSSR count). The molecule has 19 heavy (non-hydrogen) atoms. The van der Waals surface area contributed by atoms with Crippen LogP contribution in [0.1, 0.15) is 16.8 Å². The van der Waals surface area contributed by atoms with Crippen LogP contribution in [-0.4, -0.2) is 9.78 Å². The summed E-state index contributed by atoms with van der Waals surface area (Å²) in [5.41, 5.74) is 2.28. The van der Waals surface area contributed by atoms with Crippen molar-refractivity contribution >= 4 is 27.4 Å². The van der Waals surface area contributed by atoms with Crippen LogP contribution in [0.25, 0.3) is 0 Å². The fourth-order valence-corrected chi connectivity index (χ4v) is 2.14. The van der Waals surface area contributed by atoms with E-state index in [0.717, 1.165) is 4.47 Å². The molecule has 0 saturated carbocycles. The first-order valence-electron chi connectivity index (χ1n) is 5.47. The molecule has 6 heteroatoms. The third-order valence-corrected chi connectivity index (χ3v) is 3.18. The minimum Gasteiger partial charge on any atom is -0.338 e. The van der Waals surface area contributed by atoms with E-state index in [2.05, 4.69) is 38.5 Å². The number of nitriles is 2. The number of halogens is 1. The highest BCUT2D eigenvalue weighted by Crippen LogP contribution is 2.26. The maximum absolute atomic E-state index is 9.15. The molecule has 0 atom stereocenters. The Hall–Kier alpha value is -2.31. The number of hydrogen-bond acceptors (Lipinski definition) is 4. The second-order valence-corrected chi connectivity index (χ2v) is 4.89. The van der Waals surface area contributed by atoms with E-state index < -0.39 is 0 Å². The van der Waals surface area contributed by atoms with Crippen LogP contribution in [0, 0.1) is 29.6 Å². The van der Waals surface area contributed by atoms with Gasteiger partial charge in [0.05, 0.1) is 16.9 Å². The summed E-state index contributed by atoms with van der Waals surface area (Å²) in [6.45, 7) is 1.77. The molecule has 94 valence electrons. The Morgan fingerprint density at radius 3 is 2.68 bits per heavy atom. The molecule has 0 bridgehead atoms. The molecule has 0 amide bonds. The number of nitrogens with one attached hydrogen (secondary N) is 1. The van der Waals surface area contributed by atoms with Gasteiger partial charge in [0.2, 0.25) is 0 Å². The lowest BCUT2D eigenvalue weighted by molar-refractivity contribution is 0.765. The highest BCUT2D eigenvalue weighted by atomic mass is 79.9. The largest absolute Gasteiger partial charge is 0.338 e. The molecule has 0 aliphatic heterocycles. The third kappa shape index (κ3) is 2.44. The fraction of sp³-hybridized carbons (Fsp3) is 0.154. The summed E-state index contributed by atoms with van der Waals surface area (Å²) >= 11 is 3.32. The maximum Gasteiger partial charge on any atom is 0.146 e. The number of aryl methyl sites for hydroxylation is 2. The van der Waals surface area contributed by atoms with Gasteiger partial charge in [0, 0.05) is 11.5 Å². The highest BCUT2D eigenvalue weighted by Gasteiger charge is 2.14. The summed E-state index contributed by atoms with van der Waals surface area (Å²) in [6, 6.07) is 9.57. The van der Waals surface area contributed by atoms with Crippen molar-refractivity contribution in [3.63, 3.8) is 0 Å². The zero-order valence-electron chi connectivity index (χ0n) is 10.4. The van der Waals surface area contributed by atoms with Crippen LogP contribution in [0.3, 0.4) is 0 Å². The van der Waals surface area contributed by atoms with E-state index in [0.29, 0.717) is 28.3 Å². The lowest BCUT2D eigenvalue weighted by Crippen LogP contribution is -2.02. The van der Waals surface area contributed by atoms with Crippen molar-refractivity contribution in [3.05, 3.63) is 39.5 Å². The van der Waals surface area contributed by atoms with Crippen LogP contribution in [0.2, 0.25) is 0 Å². The number of aromatic nitrogens is 2. The quantitative estimate of drug-likeness (QED) is 0.924. The Morgan fingerprint density at radius 2 is 2.05 bits per heavy atom. The normalized spacial score (nSPS) is 9.74. The van der Waals surface area contributed by atoms with E-state index >= 15 is 0 Å². The van der Waals surface area contributed by atoms with E-state index in [1.54, 1.807) is 30.8 Å². The zero-order valence-corrected chi connectivity index (χ0v) is 12.0. The minimum absolute atomic E-state index is 0.481. The summed E-state index contributed by atoms with van der Waals surface area (Å²) in [6.07, 6.45) is 0. The van der Waals surface area contributed by atoms with Crippen molar-refractivity contribution in [3.8, 4) is 12.1 Å². The Kier molecular flexibility index (Phi) is 3.55. The van der Waals surface area contributed by atoms with Gasteiger partial charge in [-0.05, 0) is 25.1 Å². The molecule has 0 aliphatic carbocycles. The van der Waals surface area contributed by atoms with E-state index in [-0.39, 0.29) is 0 Å². The van der Waals surface area contributed by atoms with E-state index in [9.17, 15) is 0 Å². The molecule has 1 N–H and O–H groups in total. The highest BCUT2D eigenvalue weighted by molar-refractivity contribution is 9.10. The van der Waals surface area contributed by atoms with Crippen molar-refractivity contribution in [2.24, 2.45) is 7.05 Å². The molecule has 0 aliphatic rings. The van der Waals surface area contributed by atoms with Gasteiger partial charge in [0.1, 0.15) is 23.5 Å². The second-order valence-electron chi connectivity index (χ2n) is 3.97. The minimum atomic E-state index is 0.481. The monoisotopic (exact) mass is 315 g/mol. The van der Waals surface area contributed by atoms with Gasteiger partial charge >= 0.3 is 0 Å². The van der Waals surface area contributed by atoms with Crippen LogP contribution in [-0.2, 0) is 7.05 Å². The molecular formula is C13H10BrN5.